The Kier molecular flexibility index (Phi) is 4.19. The Morgan fingerprint density at radius 1 is 1.36 bits per heavy atom. The minimum Gasteiger partial charge on any atom is -0.478 e. The Labute approximate surface area is 126 Å². The summed E-state index contributed by atoms with van der Waals surface area (Å²) in [4.78, 5) is 35.1. The van der Waals surface area contributed by atoms with Crippen LogP contribution in [-0.2, 0) is 4.79 Å². The van der Waals surface area contributed by atoms with E-state index in [1.807, 2.05) is 6.92 Å². The molecule has 0 radical (unpaired) electrons. The van der Waals surface area contributed by atoms with Gasteiger partial charge in [0.1, 0.15) is 5.57 Å². The van der Waals surface area contributed by atoms with Crippen molar-refractivity contribution in [2.75, 3.05) is 19.6 Å². The lowest BCUT2D eigenvalue weighted by Gasteiger charge is -2.45. The van der Waals surface area contributed by atoms with E-state index in [9.17, 15) is 30.1 Å². The van der Waals surface area contributed by atoms with Crippen LogP contribution in [0.4, 0.5) is 0 Å². The average Bonchev–Trinajstić information content (AvgIpc) is 2.44. The molecule has 2 rings (SSSR count). The summed E-state index contributed by atoms with van der Waals surface area (Å²) in [6.45, 7) is 2.49. The van der Waals surface area contributed by atoms with E-state index in [4.69, 9.17) is 0 Å². The van der Waals surface area contributed by atoms with Crippen molar-refractivity contribution in [3.8, 4) is 0 Å². The first-order valence-corrected chi connectivity index (χ1v) is 7.23. The van der Waals surface area contributed by atoms with Gasteiger partial charge in [-0.3, -0.25) is 25.1 Å². The zero-order valence-corrected chi connectivity index (χ0v) is 12.4. The van der Waals surface area contributed by atoms with Gasteiger partial charge in [0.25, 0.3) is 5.54 Å². The maximum atomic E-state index is 11.6. The number of carboxylic acids is 1. The summed E-state index contributed by atoms with van der Waals surface area (Å²) in [5.74, 6) is -1.37. The van der Waals surface area contributed by atoms with Crippen LogP contribution in [0.2, 0.25) is 0 Å². The highest BCUT2D eigenvalue weighted by Crippen LogP contribution is 2.44. The Balaban J connectivity index is 2.49. The second-order valence-corrected chi connectivity index (χ2v) is 6.14. The SMILES string of the molecule is CCCCN1CC2([N+](=O)[O-])CC=C(C(=O)O)C([N+](=O)[O-])(C1)C2. The Bertz CT molecular complexity index is 548. The van der Waals surface area contributed by atoms with E-state index in [2.05, 4.69) is 0 Å². The van der Waals surface area contributed by atoms with Gasteiger partial charge in [-0.1, -0.05) is 19.4 Å². The molecule has 1 saturated heterocycles. The van der Waals surface area contributed by atoms with E-state index in [0.717, 1.165) is 12.8 Å². The van der Waals surface area contributed by atoms with Crippen molar-refractivity contribution in [3.05, 3.63) is 31.9 Å². The number of hydrogen-bond acceptors (Lipinski definition) is 6. The molecule has 2 aliphatic rings. The number of piperidine rings is 1. The number of nitrogens with zero attached hydrogens (tertiary/aromatic N) is 3. The number of hydrogen-bond donors (Lipinski definition) is 1. The number of fused-ring (bicyclic) bond motifs is 2. The van der Waals surface area contributed by atoms with E-state index in [0.29, 0.717) is 6.54 Å². The second kappa shape index (κ2) is 5.64. The van der Waals surface area contributed by atoms with Gasteiger partial charge in [0, 0.05) is 16.3 Å². The minimum atomic E-state index is -1.90. The molecule has 1 aliphatic carbocycles. The molecule has 2 atom stereocenters. The van der Waals surface area contributed by atoms with Crippen molar-refractivity contribution in [1.82, 2.24) is 4.90 Å². The van der Waals surface area contributed by atoms with Gasteiger partial charge in [0.05, 0.1) is 19.5 Å². The molecule has 0 aromatic rings. The molecule has 0 amide bonds. The van der Waals surface area contributed by atoms with Gasteiger partial charge in [0.15, 0.2) is 0 Å². The van der Waals surface area contributed by atoms with Crippen molar-refractivity contribution < 1.29 is 19.7 Å². The lowest BCUT2D eigenvalue weighted by Crippen LogP contribution is -2.68. The number of carbonyl (C=O) groups is 1. The summed E-state index contributed by atoms with van der Waals surface area (Å²) in [6, 6.07) is 0. The van der Waals surface area contributed by atoms with E-state index in [-0.39, 0.29) is 31.5 Å². The van der Waals surface area contributed by atoms with Gasteiger partial charge in [-0.05, 0) is 13.0 Å². The number of carboxylic acid groups (broad SMARTS) is 1. The third kappa shape index (κ3) is 2.45. The van der Waals surface area contributed by atoms with Gasteiger partial charge in [-0.25, -0.2) is 4.79 Å². The molecular weight excluding hydrogens is 294 g/mol. The Hall–Kier alpha value is -2.03. The zero-order valence-electron chi connectivity index (χ0n) is 12.4. The van der Waals surface area contributed by atoms with Crippen molar-refractivity contribution in [3.63, 3.8) is 0 Å². The van der Waals surface area contributed by atoms with Crippen molar-refractivity contribution in [2.24, 2.45) is 0 Å². The fraction of sp³-hybridized carbons (Fsp3) is 0.769. The van der Waals surface area contributed by atoms with Crippen molar-refractivity contribution in [1.29, 1.82) is 0 Å². The number of aliphatic carboxylic acids is 1. The van der Waals surface area contributed by atoms with Crippen LogP contribution in [0.25, 0.3) is 0 Å². The van der Waals surface area contributed by atoms with Gasteiger partial charge < -0.3 is 5.11 Å². The molecule has 9 heteroatoms. The van der Waals surface area contributed by atoms with E-state index in [1.54, 1.807) is 4.90 Å². The summed E-state index contributed by atoms with van der Waals surface area (Å²) >= 11 is 0. The molecule has 122 valence electrons. The fourth-order valence-electron chi connectivity index (χ4n) is 3.54. The molecule has 0 aromatic heterocycles. The van der Waals surface area contributed by atoms with E-state index in [1.165, 1.54) is 6.08 Å². The summed E-state index contributed by atoms with van der Waals surface area (Å²) < 4.78 is 0. The van der Waals surface area contributed by atoms with Gasteiger partial charge in [0.2, 0.25) is 5.54 Å². The summed E-state index contributed by atoms with van der Waals surface area (Å²) in [5, 5.41) is 32.5. The van der Waals surface area contributed by atoms with Crippen LogP contribution in [0.3, 0.4) is 0 Å². The van der Waals surface area contributed by atoms with Gasteiger partial charge in [-0.15, -0.1) is 0 Å². The summed E-state index contributed by atoms with van der Waals surface area (Å²) in [6.07, 6.45) is 2.35. The molecular formula is C13H19N3O6. The van der Waals surface area contributed by atoms with Crippen LogP contribution in [0, 0.1) is 20.2 Å². The molecule has 1 N–H and O–H groups in total. The molecule has 0 saturated carbocycles. The Morgan fingerprint density at radius 3 is 2.55 bits per heavy atom. The number of likely N-dealkylation sites (tertiary alicyclic amines) is 1. The largest absolute Gasteiger partial charge is 0.478 e. The van der Waals surface area contributed by atoms with Gasteiger partial charge in [-0.2, -0.15) is 0 Å². The van der Waals surface area contributed by atoms with Crippen LogP contribution in [-0.4, -0.2) is 56.5 Å². The predicted molar refractivity (Wildman–Crippen MR) is 75.8 cm³/mol. The second-order valence-electron chi connectivity index (χ2n) is 6.14. The number of rotatable bonds is 6. The van der Waals surface area contributed by atoms with Crippen LogP contribution >= 0.6 is 0 Å². The first kappa shape index (κ1) is 16.3. The quantitative estimate of drug-likeness (QED) is 0.571. The zero-order chi connectivity index (χ0) is 16.5. The first-order valence-electron chi connectivity index (χ1n) is 7.23. The van der Waals surface area contributed by atoms with Crippen molar-refractivity contribution in [2.45, 2.75) is 43.7 Å². The lowest BCUT2D eigenvalue weighted by atomic mass is 9.68. The highest BCUT2D eigenvalue weighted by atomic mass is 16.6. The fourth-order valence-corrected chi connectivity index (χ4v) is 3.54. The van der Waals surface area contributed by atoms with E-state index >= 15 is 0 Å². The highest BCUT2D eigenvalue weighted by molar-refractivity contribution is 5.89. The molecule has 2 bridgehead atoms. The maximum Gasteiger partial charge on any atom is 0.338 e. The normalized spacial score (nSPS) is 31.4. The first-order chi connectivity index (χ1) is 10.3. The molecule has 1 aliphatic heterocycles. The topological polar surface area (TPSA) is 127 Å². The average molecular weight is 313 g/mol. The van der Waals surface area contributed by atoms with Gasteiger partial charge >= 0.3 is 5.97 Å². The summed E-state index contributed by atoms with van der Waals surface area (Å²) in [7, 11) is 0. The van der Waals surface area contributed by atoms with Crippen LogP contribution in [0.5, 0.6) is 0 Å². The third-order valence-corrected chi connectivity index (χ3v) is 4.61. The van der Waals surface area contributed by atoms with Crippen LogP contribution in [0.1, 0.15) is 32.6 Å². The molecule has 2 unspecified atom stereocenters. The van der Waals surface area contributed by atoms with Crippen molar-refractivity contribution >= 4 is 5.97 Å². The predicted octanol–water partition coefficient (Wildman–Crippen LogP) is 0.938. The highest BCUT2D eigenvalue weighted by Gasteiger charge is 2.66. The maximum absolute atomic E-state index is 11.6. The number of nitro groups is 2. The minimum absolute atomic E-state index is 0.0835. The molecule has 1 heterocycles. The third-order valence-electron chi connectivity index (χ3n) is 4.61. The number of unbranched alkanes of at least 4 members (excludes halogenated alkanes) is 1. The standard InChI is InChI=1S/C13H19N3O6/c1-2-3-6-14-8-12(15(19)20)5-4-10(11(17)18)13(7-12,9-14)16(21)22/h4H,2-3,5-9H2,1H3,(H,17,18). The molecule has 0 spiro atoms. The van der Waals surface area contributed by atoms with Crippen LogP contribution < -0.4 is 0 Å². The molecule has 22 heavy (non-hydrogen) atoms. The Morgan fingerprint density at radius 2 is 2.05 bits per heavy atom. The molecule has 0 aromatic carbocycles. The smallest absolute Gasteiger partial charge is 0.338 e. The lowest BCUT2D eigenvalue weighted by molar-refractivity contribution is -0.620. The molecule has 1 fully saturated rings. The molecule has 9 nitrogen and oxygen atoms in total. The monoisotopic (exact) mass is 313 g/mol. The van der Waals surface area contributed by atoms with E-state index < -0.39 is 26.9 Å². The summed E-state index contributed by atoms with van der Waals surface area (Å²) in [5.41, 5.74) is -3.70. The van der Waals surface area contributed by atoms with Crippen LogP contribution in [0.15, 0.2) is 11.6 Å².